The largest absolute Gasteiger partial charge is 0.366 e. The topological polar surface area (TPSA) is 29.3 Å². The zero-order chi connectivity index (χ0) is 13.8. The van der Waals surface area contributed by atoms with Gasteiger partial charge in [0.25, 0.3) is 0 Å². The molecule has 0 unspecified atom stereocenters. The lowest BCUT2D eigenvalue weighted by Crippen LogP contribution is -2.37. The van der Waals surface area contributed by atoms with Crippen LogP contribution in [0.15, 0.2) is 18.2 Å². The minimum absolute atomic E-state index is 0.129. The summed E-state index contributed by atoms with van der Waals surface area (Å²) in [5, 5.41) is 0. The van der Waals surface area contributed by atoms with Crippen molar-refractivity contribution < 1.29 is 4.39 Å². The van der Waals surface area contributed by atoms with Crippen molar-refractivity contribution in [2.75, 3.05) is 11.4 Å². The highest BCUT2D eigenvalue weighted by Gasteiger charge is 2.26. The van der Waals surface area contributed by atoms with Crippen LogP contribution in [0.1, 0.15) is 45.1 Å². The maximum Gasteiger partial charge on any atom is 0.146 e. The Bertz CT molecular complexity index is 411. The van der Waals surface area contributed by atoms with Gasteiger partial charge in [0, 0.05) is 19.1 Å². The van der Waals surface area contributed by atoms with Crippen molar-refractivity contribution in [1.29, 1.82) is 0 Å². The number of halogens is 1. The van der Waals surface area contributed by atoms with E-state index in [-0.39, 0.29) is 5.82 Å². The third-order valence-electron chi connectivity index (χ3n) is 3.90. The van der Waals surface area contributed by atoms with Crippen molar-refractivity contribution in [2.45, 2.75) is 52.1 Å². The third kappa shape index (κ3) is 3.27. The predicted molar refractivity (Wildman–Crippen MR) is 78.7 cm³/mol. The molecule has 0 spiro atoms. The summed E-state index contributed by atoms with van der Waals surface area (Å²) in [6.07, 6.45) is 4.85. The highest BCUT2D eigenvalue weighted by molar-refractivity contribution is 5.56. The van der Waals surface area contributed by atoms with E-state index in [0.717, 1.165) is 17.8 Å². The van der Waals surface area contributed by atoms with Crippen LogP contribution in [0.25, 0.3) is 0 Å². The number of hydrogen-bond acceptors (Lipinski definition) is 2. The van der Waals surface area contributed by atoms with E-state index in [2.05, 4.69) is 18.7 Å². The summed E-state index contributed by atoms with van der Waals surface area (Å²) in [7, 11) is 0. The van der Waals surface area contributed by atoms with Gasteiger partial charge in [0.1, 0.15) is 5.82 Å². The van der Waals surface area contributed by atoms with E-state index in [9.17, 15) is 4.39 Å². The summed E-state index contributed by atoms with van der Waals surface area (Å²) in [6, 6.07) is 5.73. The molecule has 0 amide bonds. The van der Waals surface area contributed by atoms with E-state index in [4.69, 9.17) is 5.73 Å². The summed E-state index contributed by atoms with van der Waals surface area (Å²) in [4.78, 5) is 2.27. The van der Waals surface area contributed by atoms with Gasteiger partial charge >= 0.3 is 0 Å². The molecule has 0 heterocycles. The molecule has 3 heteroatoms. The number of para-hydroxylation sites is 1. The first kappa shape index (κ1) is 14.3. The van der Waals surface area contributed by atoms with Crippen LogP contribution in [-0.4, -0.2) is 12.6 Å². The zero-order valence-electron chi connectivity index (χ0n) is 12.0. The first-order valence-electron chi connectivity index (χ1n) is 7.37. The lowest BCUT2D eigenvalue weighted by molar-refractivity contribution is 0.518. The standard InChI is InChI=1S/C16H25FN2/c1-12(2)11-19(14-7-3-4-8-14)16-13(10-18)6-5-9-15(16)17/h5-6,9,12,14H,3-4,7-8,10-11,18H2,1-2H3. The molecule has 0 atom stereocenters. The Morgan fingerprint density at radius 1 is 1.32 bits per heavy atom. The van der Waals surface area contributed by atoms with Crippen LogP contribution < -0.4 is 10.6 Å². The molecule has 0 saturated heterocycles. The molecule has 19 heavy (non-hydrogen) atoms. The van der Waals surface area contributed by atoms with Crippen LogP contribution in [0.3, 0.4) is 0 Å². The molecule has 0 radical (unpaired) electrons. The number of benzene rings is 1. The lowest BCUT2D eigenvalue weighted by atomic mass is 10.1. The van der Waals surface area contributed by atoms with Crippen LogP contribution in [0.5, 0.6) is 0 Å². The van der Waals surface area contributed by atoms with Gasteiger partial charge in [-0.05, 0) is 30.4 Å². The predicted octanol–water partition coefficient (Wildman–Crippen LogP) is 3.69. The van der Waals surface area contributed by atoms with E-state index in [1.807, 2.05) is 6.07 Å². The minimum Gasteiger partial charge on any atom is -0.366 e. The second-order valence-electron chi connectivity index (χ2n) is 5.94. The van der Waals surface area contributed by atoms with Gasteiger partial charge in [0.2, 0.25) is 0 Å². The summed E-state index contributed by atoms with van der Waals surface area (Å²) in [6.45, 7) is 5.67. The van der Waals surface area contributed by atoms with Crippen molar-refractivity contribution >= 4 is 5.69 Å². The molecule has 106 valence electrons. The highest BCUT2D eigenvalue weighted by Crippen LogP contribution is 2.33. The lowest BCUT2D eigenvalue weighted by Gasteiger charge is -2.34. The number of rotatable bonds is 5. The van der Waals surface area contributed by atoms with Gasteiger partial charge in [-0.15, -0.1) is 0 Å². The second kappa shape index (κ2) is 6.38. The van der Waals surface area contributed by atoms with E-state index >= 15 is 0 Å². The monoisotopic (exact) mass is 264 g/mol. The van der Waals surface area contributed by atoms with Crippen LogP contribution in [-0.2, 0) is 6.54 Å². The summed E-state index contributed by atoms with van der Waals surface area (Å²) in [5.41, 5.74) is 7.46. The van der Waals surface area contributed by atoms with E-state index in [0.29, 0.717) is 18.5 Å². The molecule has 1 fully saturated rings. The molecular formula is C16H25FN2. The molecule has 0 aliphatic heterocycles. The molecule has 1 aliphatic carbocycles. The molecule has 1 aromatic carbocycles. The number of anilines is 1. The third-order valence-corrected chi connectivity index (χ3v) is 3.90. The Morgan fingerprint density at radius 3 is 2.58 bits per heavy atom. The molecule has 2 nitrogen and oxygen atoms in total. The molecule has 0 aromatic heterocycles. The van der Waals surface area contributed by atoms with E-state index in [1.54, 1.807) is 12.1 Å². The Balaban J connectivity index is 2.36. The maximum atomic E-state index is 14.3. The Hall–Kier alpha value is -1.09. The normalized spacial score (nSPS) is 16.3. The van der Waals surface area contributed by atoms with Gasteiger partial charge in [-0.2, -0.15) is 0 Å². The summed E-state index contributed by atoms with van der Waals surface area (Å²) in [5.74, 6) is 0.390. The van der Waals surface area contributed by atoms with Crippen LogP contribution >= 0.6 is 0 Å². The van der Waals surface area contributed by atoms with Crippen LogP contribution in [0.2, 0.25) is 0 Å². The molecule has 1 aliphatic rings. The molecule has 1 aromatic rings. The summed E-state index contributed by atoms with van der Waals surface area (Å²) >= 11 is 0. The van der Waals surface area contributed by atoms with Gasteiger partial charge in [0.05, 0.1) is 5.69 Å². The van der Waals surface area contributed by atoms with Crippen molar-refractivity contribution in [3.63, 3.8) is 0 Å². The SMILES string of the molecule is CC(C)CN(c1c(F)cccc1CN)C1CCCC1. The van der Waals surface area contributed by atoms with Crippen molar-refractivity contribution in [3.05, 3.63) is 29.6 Å². The number of nitrogens with zero attached hydrogens (tertiary/aromatic N) is 1. The second-order valence-corrected chi connectivity index (χ2v) is 5.94. The molecule has 2 rings (SSSR count). The van der Waals surface area contributed by atoms with Gasteiger partial charge in [-0.25, -0.2) is 4.39 Å². The summed E-state index contributed by atoms with van der Waals surface area (Å²) < 4.78 is 14.3. The minimum atomic E-state index is -0.129. The Kier molecular flexibility index (Phi) is 4.81. The van der Waals surface area contributed by atoms with Crippen molar-refractivity contribution in [2.24, 2.45) is 11.7 Å². The van der Waals surface area contributed by atoms with Gasteiger partial charge in [0.15, 0.2) is 0 Å². The molecule has 0 bridgehead atoms. The molecular weight excluding hydrogens is 239 g/mol. The first-order valence-corrected chi connectivity index (χ1v) is 7.37. The average Bonchev–Trinajstić information content (AvgIpc) is 2.89. The van der Waals surface area contributed by atoms with Crippen molar-refractivity contribution in [3.8, 4) is 0 Å². The molecule has 1 saturated carbocycles. The van der Waals surface area contributed by atoms with Gasteiger partial charge in [-0.3, -0.25) is 0 Å². The number of hydrogen-bond donors (Lipinski definition) is 1. The van der Waals surface area contributed by atoms with E-state index in [1.165, 1.54) is 25.7 Å². The van der Waals surface area contributed by atoms with Crippen LogP contribution in [0, 0.1) is 11.7 Å². The quantitative estimate of drug-likeness (QED) is 0.879. The highest BCUT2D eigenvalue weighted by atomic mass is 19.1. The smallest absolute Gasteiger partial charge is 0.146 e. The molecule has 2 N–H and O–H groups in total. The Morgan fingerprint density at radius 2 is 2.00 bits per heavy atom. The Labute approximate surface area is 115 Å². The average molecular weight is 264 g/mol. The van der Waals surface area contributed by atoms with E-state index < -0.39 is 0 Å². The first-order chi connectivity index (χ1) is 9.13. The van der Waals surface area contributed by atoms with Gasteiger partial charge < -0.3 is 10.6 Å². The fraction of sp³-hybridized carbons (Fsp3) is 0.625. The van der Waals surface area contributed by atoms with Gasteiger partial charge in [-0.1, -0.05) is 38.8 Å². The number of nitrogens with two attached hydrogens (primary N) is 1. The maximum absolute atomic E-state index is 14.3. The fourth-order valence-electron chi connectivity index (χ4n) is 3.08. The zero-order valence-corrected chi connectivity index (χ0v) is 12.0. The van der Waals surface area contributed by atoms with Crippen molar-refractivity contribution in [1.82, 2.24) is 0 Å². The van der Waals surface area contributed by atoms with Crippen LogP contribution in [0.4, 0.5) is 10.1 Å². The fourth-order valence-corrected chi connectivity index (χ4v) is 3.08.